The van der Waals surface area contributed by atoms with Gasteiger partial charge < -0.3 is 14.8 Å². The van der Waals surface area contributed by atoms with Crippen molar-refractivity contribution in [3.05, 3.63) is 70.7 Å². The molecule has 0 bridgehead atoms. The molecule has 0 spiro atoms. The van der Waals surface area contributed by atoms with Crippen molar-refractivity contribution in [2.75, 3.05) is 20.3 Å². The Kier molecular flexibility index (Phi) is 6.57. The van der Waals surface area contributed by atoms with Gasteiger partial charge in [-0.05, 0) is 24.6 Å². The lowest BCUT2D eigenvalue weighted by Gasteiger charge is -2.08. The van der Waals surface area contributed by atoms with E-state index < -0.39 is 0 Å². The molecule has 0 atom stereocenters. The third-order valence-corrected chi connectivity index (χ3v) is 4.83. The number of amides is 1. The fraction of sp³-hybridized carbons (Fsp3) is 0.238. The molecule has 0 saturated carbocycles. The highest BCUT2D eigenvalue weighted by Gasteiger charge is 2.11. The molecule has 0 saturated heterocycles. The lowest BCUT2D eigenvalue weighted by Crippen LogP contribution is -2.23. The van der Waals surface area contributed by atoms with Crippen LogP contribution in [0.2, 0.25) is 0 Å². The Balaban J connectivity index is 1.58. The summed E-state index contributed by atoms with van der Waals surface area (Å²) in [7, 11) is 1.64. The van der Waals surface area contributed by atoms with E-state index in [9.17, 15) is 4.79 Å². The van der Waals surface area contributed by atoms with Crippen LogP contribution in [-0.4, -0.2) is 31.2 Å². The first-order valence-electron chi connectivity index (χ1n) is 8.67. The van der Waals surface area contributed by atoms with Gasteiger partial charge in [-0.3, -0.25) is 4.79 Å². The van der Waals surface area contributed by atoms with E-state index in [-0.39, 0.29) is 5.91 Å². The van der Waals surface area contributed by atoms with E-state index in [1.54, 1.807) is 12.5 Å². The van der Waals surface area contributed by atoms with Gasteiger partial charge in [0.05, 0.1) is 6.61 Å². The maximum Gasteiger partial charge on any atom is 0.271 e. The summed E-state index contributed by atoms with van der Waals surface area (Å²) in [5.41, 5.74) is 3.61. The van der Waals surface area contributed by atoms with Crippen LogP contribution < -0.4 is 10.1 Å². The zero-order valence-electron chi connectivity index (χ0n) is 15.4. The maximum atomic E-state index is 12.4. The van der Waals surface area contributed by atoms with Crippen LogP contribution in [0.3, 0.4) is 0 Å². The van der Waals surface area contributed by atoms with Gasteiger partial charge in [0.2, 0.25) is 0 Å². The van der Waals surface area contributed by atoms with Crippen LogP contribution >= 0.6 is 11.3 Å². The third-order valence-electron chi connectivity index (χ3n) is 3.94. The topological polar surface area (TPSA) is 60.5 Å². The molecule has 0 aliphatic heterocycles. The van der Waals surface area contributed by atoms with Gasteiger partial charge in [0.1, 0.15) is 23.1 Å². The average molecular weight is 382 g/mol. The van der Waals surface area contributed by atoms with Crippen LogP contribution in [0.1, 0.15) is 21.6 Å². The van der Waals surface area contributed by atoms with Gasteiger partial charge >= 0.3 is 0 Å². The number of carbonyl (C=O) groups excluding carboxylic acids is 1. The molecule has 6 heteroatoms. The number of thiazole rings is 1. The molecule has 3 rings (SSSR count). The minimum Gasteiger partial charge on any atom is -0.491 e. The zero-order valence-corrected chi connectivity index (χ0v) is 16.2. The van der Waals surface area contributed by atoms with Crippen molar-refractivity contribution in [2.45, 2.75) is 13.5 Å². The largest absolute Gasteiger partial charge is 0.491 e. The molecule has 2 aromatic carbocycles. The molecule has 1 amide bonds. The number of hydrogen-bond acceptors (Lipinski definition) is 5. The summed E-state index contributed by atoms with van der Waals surface area (Å²) < 4.78 is 10.6. The number of benzene rings is 2. The van der Waals surface area contributed by atoms with Crippen LogP contribution in [0.25, 0.3) is 10.6 Å². The van der Waals surface area contributed by atoms with Crippen molar-refractivity contribution >= 4 is 17.2 Å². The van der Waals surface area contributed by atoms with Crippen LogP contribution in [0.4, 0.5) is 0 Å². The molecular formula is C21H22N2O3S. The molecule has 0 aliphatic carbocycles. The number of ether oxygens (including phenoxy) is 2. The Bertz CT molecular complexity index is 890. The highest BCUT2D eigenvalue weighted by molar-refractivity contribution is 7.13. The fourth-order valence-electron chi connectivity index (χ4n) is 2.47. The number of carbonyl (C=O) groups is 1. The summed E-state index contributed by atoms with van der Waals surface area (Å²) >= 11 is 1.47. The van der Waals surface area contributed by atoms with Crippen molar-refractivity contribution in [3.63, 3.8) is 0 Å². The standard InChI is InChI=1S/C21H22N2O3S/c1-15-6-8-17(9-7-15)21-23-19(14-27-21)20(24)22-13-16-4-3-5-18(12-16)26-11-10-25-2/h3-9,12,14H,10-11,13H2,1-2H3,(H,22,24). The summed E-state index contributed by atoms with van der Waals surface area (Å²) in [6, 6.07) is 15.8. The smallest absolute Gasteiger partial charge is 0.271 e. The van der Waals surface area contributed by atoms with E-state index in [2.05, 4.69) is 10.3 Å². The molecular weight excluding hydrogens is 360 g/mol. The molecule has 140 valence electrons. The van der Waals surface area contributed by atoms with Crippen molar-refractivity contribution < 1.29 is 14.3 Å². The van der Waals surface area contributed by atoms with Crippen LogP contribution in [-0.2, 0) is 11.3 Å². The lowest BCUT2D eigenvalue weighted by molar-refractivity contribution is 0.0946. The van der Waals surface area contributed by atoms with Crippen molar-refractivity contribution in [3.8, 4) is 16.3 Å². The highest BCUT2D eigenvalue weighted by Crippen LogP contribution is 2.24. The number of hydrogen-bond donors (Lipinski definition) is 1. The van der Waals surface area contributed by atoms with Crippen LogP contribution in [0, 0.1) is 6.92 Å². The number of methoxy groups -OCH3 is 1. The zero-order chi connectivity index (χ0) is 19.1. The second-order valence-corrected chi connectivity index (χ2v) is 6.93. The van der Waals surface area contributed by atoms with E-state index >= 15 is 0 Å². The van der Waals surface area contributed by atoms with Crippen LogP contribution in [0.15, 0.2) is 53.9 Å². The normalized spacial score (nSPS) is 10.6. The number of nitrogens with one attached hydrogen (secondary N) is 1. The van der Waals surface area contributed by atoms with Crippen molar-refractivity contribution in [2.24, 2.45) is 0 Å². The number of aryl methyl sites for hydroxylation is 1. The summed E-state index contributed by atoms with van der Waals surface area (Å²) in [6.45, 7) is 3.49. The first-order chi connectivity index (χ1) is 13.2. The fourth-order valence-corrected chi connectivity index (χ4v) is 3.27. The molecule has 3 aromatic rings. The second-order valence-electron chi connectivity index (χ2n) is 6.08. The molecule has 0 radical (unpaired) electrons. The molecule has 5 nitrogen and oxygen atoms in total. The van der Waals surface area contributed by atoms with E-state index in [4.69, 9.17) is 9.47 Å². The van der Waals surface area contributed by atoms with Gasteiger partial charge in [-0.25, -0.2) is 4.98 Å². The van der Waals surface area contributed by atoms with Crippen molar-refractivity contribution in [1.82, 2.24) is 10.3 Å². The molecule has 1 N–H and O–H groups in total. The summed E-state index contributed by atoms with van der Waals surface area (Å²) in [4.78, 5) is 16.9. The lowest BCUT2D eigenvalue weighted by atomic mass is 10.2. The Morgan fingerprint density at radius 2 is 1.96 bits per heavy atom. The predicted molar refractivity (Wildman–Crippen MR) is 107 cm³/mol. The number of nitrogens with zero attached hydrogens (tertiary/aromatic N) is 1. The van der Waals surface area contributed by atoms with Gasteiger partial charge in [0.25, 0.3) is 5.91 Å². The van der Waals surface area contributed by atoms with E-state index in [0.29, 0.717) is 25.5 Å². The summed E-state index contributed by atoms with van der Waals surface area (Å²) in [5, 5.41) is 5.54. The van der Waals surface area contributed by atoms with Gasteiger partial charge in [-0.2, -0.15) is 0 Å². The molecule has 0 fully saturated rings. The second kappa shape index (κ2) is 9.30. The Morgan fingerprint density at radius 1 is 1.15 bits per heavy atom. The number of rotatable bonds is 8. The number of aromatic nitrogens is 1. The van der Waals surface area contributed by atoms with Gasteiger partial charge in [0.15, 0.2) is 0 Å². The first-order valence-corrected chi connectivity index (χ1v) is 9.55. The predicted octanol–water partition coefficient (Wildman–Crippen LogP) is 4.07. The monoisotopic (exact) mass is 382 g/mol. The average Bonchev–Trinajstić information content (AvgIpc) is 3.17. The van der Waals surface area contributed by atoms with Gasteiger partial charge in [-0.15, -0.1) is 11.3 Å². The first kappa shape index (κ1) is 19.1. The maximum absolute atomic E-state index is 12.4. The van der Waals surface area contributed by atoms with Gasteiger partial charge in [-0.1, -0.05) is 42.0 Å². The van der Waals surface area contributed by atoms with Crippen molar-refractivity contribution in [1.29, 1.82) is 0 Å². The molecule has 27 heavy (non-hydrogen) atoms. The van der Waals surface area contributed by atoms with E-state index in [0.717, 1.165) is 21.9 Å². The van der Waals surface area contributed by atoms with E-state index in [1.807, 2.05) is 55.5 Å². The van der Waals surface area contributed by atoms with Gasteiger partial charge in [0, 0.05) is 24.6 Å². The quantitative estimate of drug-likeness (QED) is 0.597. The molecule has 1 heterocycles. The van der Waals surface area contributed by atoms with E-state index in [1.165, 1.54) is 16.9 Å². The molecule has 0 aliphatic rings. The molecule has 0 unspecified atom stereocenters. The Labute approximate surface area is 163 Å². The Hall–Kier alpha value is -2.70. The summed E-state index contributed by atoms with van der Waals surface area (Å²) in [6.07, 6.45) is 0. The Morgan fingerprint density at radius 3 is 2.74 bits per heavy atom. The third kappa shape index (κ3) is 5.39. The summed E-state index contributed by atoms with van der Waals surface area (Å²) in [5.74, 6) is 0.574. The van der Waals surface area contributed by atoms with Crippen LogP contribution in [0.5, 0.6) is 5.75 Å². The minimum absolute atomic E-state index is 0.185. The molecule has 1 aromatic heterocycles. The highest BCUT2D eigenvalue weighted by atomic mass is 32.1. The minimum atomic E-state index is -0.185. The SMILES string of the molecule is COCCOc1cccc(CNC(=O)c2csc(-c3ccc(C)cc3)n2)c1.